The van der Waals surface area contributed by atoms with Crippen LogP contribution < -0.4 is 5.32 Å². The second-order valence-corrected chi connectivity index (χ2v) is 6.15. The first-order chi connectivity index (χ1) is 11.1. The molecule has 0 aliphatic rings. The number of carbonyl (C=O) groups is 1. The van der Waals surface area contributed by atoms with E-state index in [1.165, 1.54) is 23.5 Å². The minimum absolute atomic E-state index is 0.0844. The van der Waals surface area contributed by atoms with Gasteiger partial charge in [0.1, 0.15) is 16.6 Å². The maximum atomic E-state index is 13.0. The van der Waals surface area contributed by atoms with Crippen molar-refractivity contribution in [2.45, 2.75) is 19.9 Å². The lowest BCUT2D eigenvalue weighted by molar-refractivity contribution is -0.120. The molecule has 0 saturated carbocycles. The van der Waals surface area contributed by atoms with Crippen LogP contribution in [0.15, 0.2) is 47.1 Å². The number of nitrogens with one attached hydrogen (secondary N) is 1. The van der Waals surface area contributed by atoms with Gasteiger partial charge in [0.15, 0.2) is 0 Å². The number of benzene rings is 1. The fraction of sp³-hybridized carbons (Fsp3) is 0.176. The molecule has 0 aliphatic carbocycles. The number of hydrogen-bond donors (Lipinski definition) is 1. The van der Waals surface area contributed by atoms with Gasteiger partial charge in [0.25, 0.3) is 0 Å². The zero-order valence-corrected chi connectivity index (χ0v) is 13.3. The molecule has 3 aromatic rings. The summed E-state index contributed by atoms with van der Waals surface area (Å²) >= 11 is 1.45. The average Bonchev–Trinajstić information content (AvgIpc) is 3.17. The quantitative estimate of drug-likeness (QED) is 0.776. The molecule has 0 bridgehead atoms. The molecule has 0 saturated heterocycles. The van der Waals surface area contributed by atoms with Crippen molar-refractivity contribution in [2.75, 3.05) is 0 Å². The van der Waals surface area contributed by atoms with Gasteiger partial charge in [-0.05, 0) is 43.3 Å². The van der Waals surface area contributed by atoms with Gasteiger partial charge < -0.3 is 9.73 Å². The van der Waals surface area contributed by atoms with Crippen molar-refractivity contribution in [3.05, 3.63) is 64.8 Å². The number of furan rings is 1. The van der Waals surface area contributed by atoms with Crippen LogP contribution >= 0.6 is 11.3 Å². The zero-order chi connectivity index (χ0) is 16.2. The number of aromatic nitrogens is 1. The molecule has 6 heteroatoms. The Morgan fingerprint density at radius 2 is 2.09 bits per heavy atom. The summed E-state index contributed by atoms with van der Waals surface area (Å²) in [5.74, 6) is 0.352. The second kappa shape index (κ2) is 6.75. The van der Waals surface area contributed by atoms with Gasteiger partial charge in [-0.15, -0.1) is 11.3 Å². The summed E-state index contributed by atoms with van der Waals surface area (Å²) in [6.45, 7) is 2.24. The van der Waals surface area contributed by atoms with Gasteiger partial charge in [-0.2, -0.15) is 0 Å². The molecule has 2 heterocycles. The number of halogens is 1. The Bertz CT molecular complexity index is 795. The molecular formula is C17H15FN2O2S. The predicted molar refractivity (Wildman–Crippen MR) is 86.5 cm³/mol. The molecular weight excluding hydrogens is 315 g/mol. The molecule has 2 aromatic heterocycles. The van der Waals surface area contributed by atoms with Crippen molar-refractivity contribution in [1.82, 2.24) is 10.3 Å². The molecule has 3 rings (SSSR count). The van der Waals surface area contributed by atoms with Crippen molar-refractivity contribution in [3.63, 3.8) is 0 Å². The van der Waals surface area contributed by atoms with Gasteiger partial charge >= 0.3 is 0 Å². The summed E-state index contributed by atoms with van der Waals surface area (Å²) < 4.78 is 18.2. The molecule has 0 atom stereocenters. The first-order valence-electron chi connectivity index (χ1n) is 7.13. The van der Waals surface area contributed by atoms with E-state index >= 15 is 0 Å². The van der Waals surface area contributed by atoms with Crippen LogP contribution in [0, 0.1) is 12.7 Å². The molecule has 0 spiro atoms. The Labute approximate surface area is 137 Å². The fourth-order valence-electron chi connectivity index (χ4n) is 2.12. The van der Waals surface area contributed by atoms with Crippen LogP contribution in [-0.4, -0.2) is 10.9 Å². The minimum Gasteiger partial charge on any atom is -0.467 e. The predicted octanol–water partition coefficient (Wildman–Crippen LogP) is 3.71. The van der Waals surface area contributed by atoms with E-state index in [0.29, 0.717) is 12.3 Å². The summed E-state index contributed by atoms with van der Waals surface area (Å²) in [6, 6.07) is 9.78. The Morgan fingerprint density at radius 1 is 1.30 bits per heavy atom. The summed E-state index contributed by atoms with van der Waals surface area (Å²) in [5, 5.41) is 3.60. The third-order valence-electron chi connectivity index (χ3n) is 3.34. The monoisotopic (exact) mass is 330 g/mol. The molecule has 118 valence electrons. The third kappa shape index (κ3) is 3.84. The average molecular weight is 330 g/mol. The van der Waals surface area contributed by atoms with Crippen molar-refractivity contribution in [1.29, 1.82) is 0 Å². The first kappa shape index (κ1) is 15.4. The molecule has 0 aliphatic heterocycles. The molecule has 4 nitrogen and oxygen atoms in total. The van der Waals surface area contributed by atoms with Crippen LogP contribution in [0.1, 0.15) is 16.3 Å². The Balaban J connectivity index is 1.66. The molecule has 0 fully saturated rings. The number of carbonyl (C=O) groups excluding carboxylic acids is 1. The van der Waals surface area contributed by atoms with Crippen LogP contribution in [-0.2, 0) is 17.8 Å². The number of amides is 1. The number of thiazole rings is 1. The first-order valence-corrected chi connectivity index (χ1v) is 7.95. The summed E-state index contributed by atoms with van der Waals surface area (Å²) in [4.78, 5) is 17.4. The van der Waals surface area contributed by atoms with E-state index in [4.69, 9.17) is 4.42 Å². The zero-order valence-electron chi connectivity index (χ0n) is 12.5. The van der Waals surface area contributed by atoms with Crippen molar-refractivity contribution >= 4 is 17.2 Å². The van der Waals surface area contributed by atoms with Gasteiger partial charge in [-0.3, -0.25) is 4.79 Å². The van der Waals surface area contributed by atoms with Crippen molar-refractivity contribution in [3.8, 4) is 10.6 Å². The largest absolute Gasteiger partial charge is 0.467 e. The van der Waals surface area contributed by atoms with E-state index in [1.807, 2.05) is 13.0 Å². The van der Waals surface area contributed by atoms with Gasteiger partial charge in [0, 0.05) is 10.4 Å². The standard InChI is InChI=1S/C17H15FN2O2S/c1-11-15(9-16(21)19-10-14-3-2-8-22-14)23-17(20-11)12-4-6-13(18)7-5-12/h2-8H,9-10H2,1H3,(H,19,21). The molecule has 23 heavy (non-hydrogen) atoms. The van der Waals surface area contributed by atoms with Gasteiger partial charge in [0.2, 0.25) is 5.91 Å². The lowest BCUT2D eigenvalue weighted by Crippen LogP contribution is -2.24. The molecule has 0 unspecified atom stereocenters. The number of hydrogen-bond acceptors (Lipinski definition) is 4. The lowest BCUT2D eigenvalue weighted by Gasteiger charge is -2.02. The summed E-state index contributed by atoms with van der Waals surface area (Å²) in [5.41, 5.74) is 1.67. The van der Waals surface area contributed by atoms with Crippen molar-refractivity contribution in [2.24, 2.45) is 0 Å². The molecule has 0 radical (unpaired) electrons. The van der Waals surface area contributed by atoms with Gasteiger partial charge in [0.05, 0.1) is 24.9 Å². The van der Waals surface area contributed by atoms with Crippen LogP contribution in [0.25, 0.3) is 10.6 Å². The molecule has 1 aromatic carbocycles. The Hall–Kier alpha value is -2.47. The second-order valence-electron chi connectivity index (χ2n) is 5.07. The van der Waals surface area contributed by atoms with E-state index < -0.39 is 0 Å². The smallest absolute Gasteiger partial charge is 0.225 e. The molecule has 1 N–H and O–H groups in total. The van der Waals surface area contributed by atoms with Gasteiger partial charge in [-0.25, -0.2) is 9.37 Å². The van der Waals surface area contributed by atoms with E-state index in [-0.39, 0.29) is 18.1 Å². The highest BCUT2D eigenvalue weighted by Gasteiger charge is 2.13. The van der Waals surface area contributed by atoms with Crippen LogP contribution in [0.4, 0.5) is 4.39 Å². The summed E-state index contributed by atoms with van der Waals surface area (Å²) in [6.07, 6.45) is 1.84. The van der Waals surface area contributed by atoms with E-state index in [9.17, 15) is 9.18 Å². The van der Waals surface area contributed by atoms with Crippen LogP contribution in [0.3, 0.4) is 0 Å². The fourth-order valence-corrected chi connectivity index (χ4v) is 3.18. The van der Waals surface area contributed by atoms with E-state index in [2.05, 4.69) is 10.3 Å². The number of nitrogens with zero attached hydrogens (tertiary/aromatic N) is 1. The molecule has 1 amide bonds. The Morgan fingerprint density at radius 3 is 2.78 bits per heavy atom. The maximum absolute atomic E-state index is 13.0. The Kier molecular flexibility index (Phi) is 4.52. The SMILES string of the molecule is Cc1nc(-c2ccc(F)cc2)sc1CC(=O)NCc1ccco1. The third-order valence-corrected chi connectivity index (χ3v) is 4.55. The minimum atomic E-state index is -0.278. The van der Waals surface area contributed by atoms with Gasteiger partial charge in [-0.1, -0.05) is 0 Å². The van der Waals surface area contributed by atoms with E-state index in [0.717, 1.165) is 21.1 Å². The number of rotatable bonds is 5. The van der Waals surface area contributed by atoms with Crippen LogP contribution in [0.2, 0.25) is 0 Å². The number of aryl methyl sites for hydroxylation is 1. The highest BCUT2D eigenvalue weighted by Crippen LogP contribution is 2.28. The summed E-state index contributed by atoms with van der Waals surface area (Å²) in [7, 11) is 0. The topological polar surface area (TPSA) is 55.1 Å². The normalized spacial score (nSPS) is 10.7. The lowest BCUT2D eigenvalue weighted by atomic mass is 10.2. The highest BCUT2D eigenvalue weighted by atomic mass is 32.1. The van der Waals surface area contributed by atoms with Crippen molar-refractivity contribution < 1.29 is 13.6 Å². The highest BCUT2D eigenvalue weighted by molar-refractivity contribution is 7.15. The van der Waals surface area contributed by atoms with Crippen LogP contribution in [0.5, 0.6) is 0 Å². The maximum Gasteiger partial charge on any atom is 0.225 e. The van der Waals surface area contributed by atoms with E-state index in [1.54, 1.807) is 24.5 Å².